The van der Waals surface area contributed by atoms with Crippen LogP contribution in [0, 0.1) is 13.8 Å². The van der Waals surface area contributed by atoms with Crippen LogP contribution in [0.3, 0.4) is 0 Å². The average molecular weight is 249 g/mol. The van der Waals surface area contributed by atoms with Gasteiger partial charge in [-0.05, 0) is 37.5 Å². The van der Waals surface area contributed by atoms with Gasteiger partial charge in [0, 0.05) is 5.56 Å². The van der Waals surface area contributed by atoms with Gasteiger partial charge >= 0.3 is 5.97 Å². The molecule has 0 spiro atoms. The van der Waals surface area contributed by atoms with Gasteiger partial charge in [0.25, 0.3) is 5.91 Å². The van der Waals surface area contributed by atoms with Crippen molar-refractivity contribution < 1.29 is 14.3 Å². The fraction of sp³-hybridized carbons (Fsp3) is 0.429. The lowest BCUT2D eigenvalue weighted by Gasteiger charge is -2.15. The van der Waals surface area contributed by atoms with Crippen LogP contribution in [-0.2, 0) is 9.53 Å². The van der Waals surface area contributed by atoms with Crippen LogP contribution in [0.5, 0.6) is 0 Å². The van der Waals surface area contributed by atoms with Crippen LogP contribution in [0.25, 0.3) is 0 Å². The first-order chi connectivity index (χ1) is 8.51. The number of ether oxygens (including phenoxy) is 1. The molecule has 1 atom stereocenters. The maximum atomic E-state index is 12.1. The molecule has 1 aromatic rings. The number of carbonyl (C=O) groups is 2. The molecule has 0 heterocycles. The predicted octanol–water partition coefficient (Wildman–Crippen LogP) is 1.98. The molecule has 18 heavy (non-hydrogen) atoms. The van der Waals surface area contributed by atoms with Crippen LogP contribution in [-0.4, -0.2) is 25.0 Å². The molecule has 0 aliphatic carbocycles. The van der Waals surface area contributed by atoms with E-state index in [1.165, 1.54) is 7.11 Å². The first kappa shape index (κ1) is 14.2. The van der Waals surface area contributed by atoms with E-state index in [1.807, 2.05) is 32.9 Å². The van der Waals surface area contributed by atoms with E-state index in [2.05, 4.69) is 10.1 Å². The van der Waals surface area contributed by atoms with E-state index >= 15 is 0 Å². The molecular formula is C14H19NO3. The van der Waals surface area contributed by atoms with Crippen molar-refractivity contribution in [2.24, 2.45) is 0 Å². The zero-order chi connectivity index (χ0) is 13.7. The summed E-state index contributed by atoms with van der Waals surface area (Å²) in [7, 11) is 1.31. The second-order valence-electron chi connectivity index (χ2n) is 4.20. The predicted molar refractivity (Wildman–Crippen MR) is 69.5 cm³/mol. The van der Waals surface area contributed by atoms with Crippen LogP contribution >= 0.6 is 0 Å². The molecule has 1 unspecified atom stereocenters. The average Bonchev–Trinajstić information content (AvgIpc) is 2.37. The van der Waals surface area contributed by atoms with Gasteiger partial charge in [0.2, 0.25) is 0 Å². The highest BCUT2D eigenvalue weighted by molar-refractivity contribution is 5.98. The van der Waals surface area contributed by atoms with Gasteiger partial charge in [0.1, 0.15) is 6.04 Å². The molecule has 0 fully saturated rings. The van der Waals surface area contributed by atoms with Crippen molar-refractivity contribution in [3.05, 3.63) is 34.9 Å². The van der Waals surface area contributed by atoms with Crippen molar-refractivity contribution in [1.82, 2.24) is 5.32 Å². The van der Waals surface area contributed by atoms with Gasteiger partial charge in [-0.15, -0.1) is 0 Å². The van der Waals surface area contributed by atoms with Crippen LogP contribution in [0.4, 0.5) is 0 Å². The van der Waals surface area contributed by atoms with Gasteiger partial charge in [0.05, 0.1) is 7.11 Å². The molecule has 0 bridgehead atoms. The summed E-state index contributed by atoms with van der Waals surface area (Å²) in [5.41, 5.74) is 2.57. The standard InChI is InChI=1S/C14H19NO3/c1-5-12(14(17)18-4)15-13(16)11-8-6-7-9(2)10(11)3/h6-8,12H,5H2,1-4H3,(H,15,16). The van der Waals surface area contributed by atoms with Crippen molar-refractivity contribution in [1.29, 1.82) is 0 Å². The highest BCUT2D eigenvalue weighted by atomic mass is 16.5. The Morgan fingerprint density at radius 3 is 2.56 bits per heavy atom. The Hall–Kier alpha value is -1.84. The van der Waals surface area contributed by atoms with Crippen molar-refractivity contribution in [3.63, 3.8) is 0 Å². The normalized spacial score (nSPS) is 11.8. The van der Waals surface area contributed by atoms with Gasteiger partial charge in [0.15, 0.2) is 0 Å². The van der Waals surface area contributed by atoms with Crippen LogP contribution < -0.4 is 5.32 Å². The second kappa shape index (κ2) is 6.19. The summed E-state index contributed by atoms with van der Waals surface area (Å²) in [4.78, 5) is 23.5. The molecule has 4 heteroatoms. The lowest BCUT2D eigenvalue weighted by Crippen LogP contribution is -2.41. The third kappa shape index (κ3) is 3.09. The minimum Gasteiger partial charge on any atom is -0.467 e. The van der Waals surface area contributed by atoms with E-state index in [0.29, 0.717) is 12.0 Å². The smallest absolute Gasteiger partial charge is 0.328 e. The molecular weight excluding hydrogens is 230 g/mol. The van der Waals surface area contributed by atoms with Crippen molar-refractivity contribution in [2.45, 2.75) is 33.2 Å². The SMILES string of the molecule is CCC(NC(=O)c1cccc(C)c1C)C(=O)OC. The number of hydrogen-bond acceptors (Lipinski definition) is 3. The number of carbonyl (C=O) groups excluding carboxylic acids is 2. The molecule has 0 radical (unpaired) electrons. The number of benzene rings is 1. The van der Waals surface area contributed by atoms with E-state index in [9.17, 15) is 9.59 Å². The van der Waals surface area contributed by atoms with Crippen LogP contribution in [0.2, 0.25) is 0 Å². The molecule has 0 saturated carbocycles. The fourth-order valence-electron chi connectivity index (χ4n) is 1.70. The molecule has 0 aliphatic heterocycles. The molecule has 0 saturated heterocycles. The van der Waals surface area contributed by atoms with Gasteiger partial charge < -0.3 is 10.1 Å². The van der Waals surface area contributed by atoms with Gasteiger partial charge in [-0.1, -0.05) is 19.1 Å². The van der Waals surface area contributed by atoms with Crippen LogP contribution in [0.15, 0.2) is 18.2 Å². The molecule has 1 N–H and O–H groups in total. The summed E-state index contributed by atoms with van der Waals surface area (Å²) in [6, 6.07) is 4.93. The van der Waals surface area contributed by atoms with Crippen molar-refractivity contribution in [3.8, 4) is 0 Å². The highest BCUT2D eigenvalue weighted by Gasteiger charge is 2.20. The molecule has 1 rings (SSSR count). The third-order valence-electron chi connectivity index (χ3n) is 3.05. The van der Waals surface area contributed by atoms with Gasteiger partial charge in [-0.2, -0.15) is 0 Å². The van der Waals surface area contributed by atoms with E-state index in [-0.39, 0.29) is 5.91 Å². The minimum atomic E-state index is -0.595. The first-order valence-electron chi connectivity index (χ1n) is 5.96. The molecule has 1 aromatic carbocycles. The lowest BCUT2D eigenvalue weighted by molar-refractivity contribution is -0.142. The summed E-state index contributed by atoms with van der Waals surface area (Å²) in [6.07, 6.45) is 0.503. The largest absolute Gasteiger partial charge is 0.467 e. The molecule has 1 amide bonds. The Balaban J connectivity index is 2.88. The zero-order valence-electron chi connectivity index (χ0n) is 11.2. The van der Waals surface area contributed by atoms with E-state index < -0.39 is 12.0 Å². The Kier molecular flexibility index (Phi) is 4.89. The number of esters is 1. The third-order valence-corrected chi connectivity index (χ3v) is 3.05. The quantitative estimate of drug-likeness (QED) is 0.830. The van der Waals surface area contributed by atoms with Crippen molar-refractivity contribution in [2.75, 3.05) is 7.11 Å². The monoisotopic (exact) mass is 249 g/mol. The zero-order valence-corrected chi connectivity index (χ0v) is 11.2. The molecule has 4 nitrogen and oxygen atoms in total. The van der Waals surface area contributed by atoms with Crippen molar-refractivity contribution >= 4 is 11.9 Å². The Bertz CT molecular complexity index is 454. The maximum absolute atomic E-state index is 12.1. The summed E-state index contributed by atoms with van der Waals surface area (Å²) in [6.45, 7) is 5.66. The molecule has 0 aliphatic rings. The Labute approximate surface area is 107 Å². The first-order valence-corrected chi connectivity index (χ1v) is 5.96. The summed E-state index contributed by atoms with van der Waals surface area (Å²) in [5.74, 6) is -0.662. The van der Waals surface area contributed by atoms with Gasteiger partial charge in [-0.25, -0.2) is 4.79 Å². The van der Waals surface area contributed by atoms with Gasteiger partial charge in [-0.3, -0.25) is 4.79 Å². The highest BCUT2D eigenvalue weighted by Crippen LogP contribution is 2.13. The number of rotatable bonds is 4. The Morgan fingerprint density at radius 1 is 1.33 bits per heavy atom. The number of hydrogen-bond donors (Lipinski definition) is 1. The minimum absolute atomic E-state index is 0.242. The van der Waals surface area contributed by atoms with E-state index in [0.717, 1.165) is 11.1 Å². The summed E-state index contributed by atoms with van der Waals surface area (Å²) in [5, 5.41) is 2.69. The fourth-order valence-corrected chi connectivity index (χ4v) is 1.70. The van der Waals surface area contributed by atoms with E-state index in [1.54, 1.807) is 6.07 Å². The Morgan fingerprint density at radius 2 is 2.00 bits per heavy atom. The summed E-state index contributed by atoms with van der Waals surface area (Å²) < 4.78 is 4.64. The topological polar surface area (TPSA) is 55.4 Å². The summed E-state index contributed by atoms with van der Waals surface area (Å²) >= 11 is 0. The maximum Gasteiger partial charge on any atom is 0.328 e. The van der Waals surface area contributed by atoms with Crippen LogP contribution in [0.1, 0.15) is 34.8 Å². The van der Waals surface area contributed by atoms with E-state index in [4.69, 9.17) is 0 Å². The number of amides is 1. The molecule has 0 aromatic heterocycles. The second-order valence-corrected chi connectivity index (χ2v) is 4.20. The molecule has 98 valence electrons. The number of nitrogens with one attached hydrogen (secondary N) is 1. The lowest BCUT2D eigenvalue weighted by atomic mass is 10.0. The number of aryl methyl sites for hydroxylation is 1. The number of methoxy groups -OCH3 is 1.